The lowest BCUT2D eigenvalue weighted by Crippen LogP contribution is -2.34. The van der Waals surface area contributed by atoms with E-state index in [0.29, 0.717) is 12.8 Å². The Balaban J connectivity index is 4.43. The van der Waals surface area contributed by atoms with Crippen LogP contribution in [0, 0.1) is 0 Å². The summed E-state index contributed by atoms with van der Waals surface area (Å²) in [6.45, 7) is 4.08. The predicted molar refractivity (Wildman–Crippen MR) is 76.3 cm³/mol. The maximum atomic E-state index is 11.6. The van der Waals surface area contributed by atoms with Crippen LogP contribution < -0.4 is 0 Å². The van der Waals surface area contributed by atoms with Crippen molar-refractivity contribution in [1.82, 2.24) is 0 Å². The van der Waals surface area contributed by atoms with Gasteiger partial charge in [0.05, 0.1) is 19.6 Å². The number of unbranched alkanes of at least 4 members (excludes halogenated alkanes) is 3. The number of hydrogen-bond acceptors (Lipinski definition) is 6. The van der Waals surface area contributed by atoms with Crippen molar-refractivity contribution in [3.63, 3.8) is 0 Å². The van der Waals surface area contributed by atoms with E-state index >= 15 is 0 Å². The zero-order chi connectivity index (χ0) is 16.3. The van der Waals surface area contributed by atoms with Crippen LogP contribution in [-0.4, -0.2) is 43.4 Å². The standard InChI is InChI=1S/C13H24O7S/c1-3-5-7-9-19-12(14)10-11(21(16,17)18)13(15)20-8-6-4-2/h11H,3-10H2,1-2H3,(H,16,17,18). The minimum Gasteiger partial charge on any atom is -0.466 e. The third-order valence-corrected chi connectivity index (χ3v) is 3.81. The Hall–Kier alpha value is -1.15. The molecule has 21 heavy (non-hydrogen) atoms. The Morgan fingerprint density at radius 1 is 1.00 bits per heavy atom. The first-order valence-electron chi connectivity index (χ1n) is 7.11. The van der Waals surface area contributed by atoms with Crippen molar-refractivity contribution >= 4 is 22.1 Å². The molecule has 7 nitrogen and oxygen atoms in total. The second-order valence-corrected chi connectivity index (χ2v) is 6.26. The van der Waals surface area contributed by atoms with Gasteiger partial charge >= 0.3 is 11.9 Å². The molecule has 0 aromatic rings. The number of ether oxygens (including phenoxy) is 2. The van der Waals surface area contributed by atoms with Gasteiger partial charge in [-0.1, -0.05) is 33.1 Å². The molecule has 1 N–H and O–H groups in total. The highest BCUT2D eigenvalue weighted by Crippen LogP contribution is 2.09. The minimum absolute atomic E-state index is 0.0485. The van der Waals surface area contributed by atoms with E-state index in [2.05, 4.69) is 0 Å². The van der Waals surface area contributed by atoms with E-state index in [1.807, 2.05) is 13.8 Å². The number of esters is 2. The van der Waals surface area contributed by atoms with Crippen molar-refractivity contribution in [1.29, 1.82) is 0 Å². The summed E-state index contributed by atoms with van der Waals surface area (Å²) < 4.78 is 40.9. The topological polar surface area (TPSA) is 107 Å². The summed E-state index contributed by atoms with van der Waals surface area (Å²) in [5.41, 5.74) is 0. The molecule has 0 aliphatic rings. The van der Waals surface area contributed by atoms with Gasteiger partial charge in [0.1, 0.15) is 0 Å². The van der Waals surface area contributed by atoms with Crippen molar-refractivity contribution in [3.8, 4) is 0 Å². The zero-order valence-electron chi connectivity index (χ0n) is 12.5. The molecule has 0 aliphatic heterocycles. The molecule has 0 saturated heterocycles. The highest BCUT2D eigenvalue weighted by molar-refractivity contribution is 7.87. The fourth-order valence-electron chi connectivity index (χ4n) is 1.47. The van der Waals surface area contributed by atoms with Crippen LogP contribution in [0.25, 0.3) is 0 Å². The van der Waals surface area contributed by atoms with E-state index < -0.39 is 33.7 Å². The van der Waals surface area contributed by atoms with Gasteiger partial charge in [-0.05, 0) is 12.8 Å². The van der Waals surface area contributed by atoms with Gasteiger partial charge in [0.2, 0.25) is 0 Å². The van der Waals surface area contributed by atoms with Gasteiger partial charge in [0.15, 0.2) is 5.25 Å². The van der Waals surface area contributed by atoms with Crippen LogP contribution in [0.1, 0.15) is 52.4 Å². The normalized spacial score (nSPS) is 12.7. The van der Waals surface area contributed by atoms with Crippen LogP contribution in [0.3, 0.4) is 0 Å². The first-order chi connectivity index (χ1) is 9.82. The Morgan fingerprint density at radius 3 is 2.10 bits per heavy atom. The maximum absolute atomic E-state index is 11.6. The summed E-state index contributed by atoms with van der Waals surface area (Å²) in [5.74, 6) is -1.97. The second kappa shape index (κ2) is 10.6. The molecule has 0 fully saturated rings. The zero-order valence-corrected chi connectivity index (χ0v) is 13.4. The van der Waals surface area contributed by atoms with E-state index in [1.165, 1.54) is 0 Å². The molecule has 0 heterocycles. The van der Waals surface area contributed by atoms with E-state index in [0.717, 1.165) is 19.3 Å². The van der Waals surface area contributed by atoms with Gasteiger partial charge in [-0.25, -0.2) is 0 Å². The van der Waals surface area contributed by atoms with E-state index in [4.69, 9.17) is 14.0 Å². The Morgan fingerprint density at radius 2 is 1.57 bits per heavy atom. The molecule has 0 amide bonds. The van der Waals surface area contributed by atoms with Gasteiger partial charge < -0.3 is 9.47 Å². The van der Waals surface area contributed by atoms with Crippen molar-refractivity contribution in [2.75, 3.05) is 13.2 Å². The van der Waals surface area contributed by atoms with Gasteiger partial charge in [0.25, 0.3) is 10.1 Å². The average molecular weight is 324 g/mol. The predicted octanol–water partition coefficient (Wildman–Crippen LogP) is 1.71. The van der Waals surface area contributed by atoms with Crippen LogP contribution in [0.5, 0.6) is 0 Å². The Bertz CT molecular complexity index is 416. The fourth-order valence-corrected chi connectivity index (χ4v) is 2.13. The van der Waals surface area contributed by atoms with E-state index in [-0.39, 0.29) is 13.2 Å². The van der Waals surface area contributed by atoms with Crippen molar-refractivity contribution in [2.24, 2.45) is 0 Å². The second-order valence-electron chi connectivity index (χ2n) is 4.66. The fraction of sp³-hybridized carbons (Fsp3) is 0.846. The van der Waals surface area contributed by atoms with Crippen molar-refractivity contribution in [2.45, 2.75) is 57.6 Å². The number of carbonyl (C=O) groups excluding carboxylic acids is 2. The molecule has 0 saturated carbocycles. The largest absolute Gasteiger partial charge is 0.466 e. The van der Waals surface area contributed by atoms with E-state index in [9.17, 15) is 18.0 Å². The smallest absolute Gasteiger partial charge is 0.327 e. The quantitative estimate of drug-likeness (QED) is 0.350. The first kappa shape index (κ1) is 19.9. The molecule has 0 bridgehead atoms. The summed E-state index contributed by atoms with van der Waals surface area (Å²) in [6.07, 6.45) is 3.10. The number of rotatable bonds is 11. The van der Waals surface area contributed by atoms with Crippen LogP contribution >= 0.6 is 0 Å². The van der Waals surface area contributed by atoms with Crippen molar-refractivity contribution < 1.29 is 32.0 Å². The summed E-state index contributed by atoms with van der Waals surface area (Å²) in [6, 6.07) is 0. The molecule has 0 spiro atoms. The third kappa shape index (κ3) is 9.41. The SMILES string of the molecule is CCCCCOC(=O)CC(C(=O)OCCCC)S(=O)(=O)O. The van der Waals surface area contributed by atoms with Crippen molar-refractivity contribution in [3.05, 3.63) is 0 Å². The van der Waals surface area contributed by atoms with Gasteiger partial charge in [-0.2, -0.15) is 8.42 Å². The third-order valence-electron chi connectivity index (χ3n) is 2.73. The number of hydrogen-bond donors (Lipinski definition) is 1. The summed E-state index contributed by atoms with van der Waals surface area (Å²) in [5, 5.41) is -1.92. The molecular formula is C13H24O7S. The lowest BCUT2D eigenvalue weighted by Gasteiger charge is -2.13. The molecule has 8 heteroatoms. The maximum Gasteiger partial charge on any atom is 0.327 e. The highest BCUT2D eigenvalue weighted by Gasteiger charge is 2.35. The molecule has 0 aliphatic carbocycles. The minimum atomic E-state index is -4.71. The number of carbonyl (C=O) groups is 2. The molecule has 124 valence electrons. The lowest BCUT2D eigenvalue weighted by molar-refractivity contribution is -0.150. The molecule has 0 radical (unpaired) electrons. The molecular weight excluding hydrogens is 300 g/mol. The summed E-state index contributed by atoms with van der Waals surface area (Å²) >= 11 is 0. The highest BCUT2D eigenvalue weighted by atomic mass is 32.2. The van der Waals surface area contributed by atoms with Crippen LogP contribution in [0.4, 0.5) is 0 Å². The Labute approximate surface area is 125 Å². The van der Waals surface area contributed by atoms with Crippen LogP contribution in [0.2, 0.25) is 0 Å². The van der Waals surface area contributed by atoms with Crippen LogP contribution in [0.15, 0.2) is 0 Å². The molecule has 0 rings (SSSR count). The molecule has 0 aromatic carbocycles. The molecule has 0 aromatic heterocycles. The Kier molecular flexibility index (Phi) is 9.98. The summed E-state index contributed by atoms with van der Waals surface area (Å²) in [4.78, 5) is 23.1. The molecule has 1 unspecified atom stereocenters. The van der Waals surface area contributed by atoms with E-state index in [1.54, 1.807) is 0 Å². The van der Waals surface area contributed by atoms with Crippen LogP contribution in [-0.2, 0) is 29.2 Å². The average Bonchev–Trinajstić information content (AvgIpc) is 2.40. The monoisotopic (exact) mass is 324 g/mol. The lowest BCUT2D eigenvalue weighted by atomic mass is 10.2. The van der Waals surface area contributed by atoms with Gasteiger partial charge in [-0.15, -0.1) is 0 Å². The summed E-state index contributed by atoms with van der Waals surface area (Å²) in [7, 11) is -4.71. The molecule has 1 atom stereocenters. The van der Waals surface area contributed by atoms with Gasteiger partial charge in [-0.3, -0.25) is 14.1 Å². The first-order valence-corrected chi connectivity index (χ1v) is 8.61. The van der Waals surface area contributed by atoms with Gasteiger partial charge in [0, 0.05) is 0 Å².